The van der Waals surface area contributed by atoms with E-state index in [1.165, 1.54) is 14.2 Å². The van der Waals surface area contributed by atoms with E-state index in [4.69, 9.17) is 14.2 Å². The highest BCUT2D eigenvalue weighted by molar-refractivity contribution is 7.92. The van der Waals surface area contributed by atoms with E-state index in [0.717, 1.165) is 34.7 Å². The molecule has 0 fully saturated rings. The second kappa shape index (κ2) is 9.91. The van der Waals surface area contributed by atoms with E-state index < -0.39 is 15.9 Å². The molecule has 0 aromatic heterocycles. The largest absolute Gasteiger partial charge is 0.497 e. The van der Waals surface area contributed by atoms with E-state index >= 15 is 0 Å². The second-order valence-electron chi connectivity index (χ2n) is 8.16. The van der Waals surface area contributed by atoms with Gasteiger partial charge in [0, 0.05) is 18.1 Å². The molecule has 1 N–H and O–H groups in total. The van der Waals surface area contributed by atoms with Gasteiger partial charge in [0.2, 0.25) is 15.9 Å². The van der Waals surface area contributed by atoms with Gasteiger partial charge in [0.25, 0.3) is 0 Å². The van der Waals surface area contributed by atoms with Crippen LogP contribution in [0.5, 0.6) is 17.2 Å². The topological polar surface area (TPSA) is 94.2 Å². The Morgan fingerprint density at radius 1 is 1.15 bits per heavy atom. The summed E-state index contributed by atoms with van der Waals surface area (Å²) in [5, 5.41) is 3.04. The Bertz CT molecular complexity index is 1100. The number of carbonyl (C=O) groups excluding carboxylic acids is 1. The number of nitrogens with zero attached hydrogens (tertiary/aromatic N) is 1. The summed E-state index contributed by atoms with van der Waals surface area (Å²) in [6.07, 6.45) is 3.26. The minimum atomic E-state index is -3.77. The number of anilines is 1. The van der Waals surface area contributed by atoms with Crippen LogP contribution in [0.2, 0.25) is 0 Å². The molecule has 1 heterocycles. The summed E-state index contributed by atoms with van der Waals surface area (Å²) in [5.74, 6) is 1.14. The van der Waals surface area contributed by atoms with E-state index in [1.807, 2.05) is 24.3 Å². The second-order valence-corrected chi connectivity index (χ2v) is 10.1. The Labute approximate surface area is 195 Å². The number of carbonyl (C=O) groups is 1. The van der Waals surface area contributed by atoms with Crippen LogP contribution in [0.25, 0.3) is 0 Å². The van der Waals surface area contributed by atoms with E-state index in [9.17, 15) is 13.2 Å². The summed E-state index contributed by atoms with van der Waals surface area (Å²) in [4.78, 5) is 13.1. The average Bonchev–Trinajstić information content (AvgIpc) is 2.81. The highest BCUT2D eigenvalue weighted by Gasteiger charge is 2.39. The van der Waals surface area contributed by atoms with Gasteiger partial charge in [-0.25, -0.2) is 8.42 Å². The Kier molecular flexibility index (Phi) is 7.41. The molecule has 180 valence electrons. The van der Waals surface area contributed by atoms with Gasteiger partial charge in [0.1, 0.15) is 29.4 Å². The molecular formula is C24H32N2O6S. The van der Waals surface area contributed by atoms with Gasteiger partial charge in [-0.3, -0.25) is 9.10 Å². The molecule has 0 saturated carbocycles. The van der Waals surface area contributed by atoms with Gasteiger partial charge in [0.15, 0.2) is 0 Å². The molecule has 2 aromatic carbocycles. The normalized spacial score (nSPS) is 16.8. The molecule has 33 heavy (non-hydrogen) atoms. The number of nitrogens with one attached hydrogen (secondary N) is 1. The number of methoxy groups -OCH3 is 2. The van der Waals surface area contributed by atoms with Crippen molar-refractivity contribution in [1.82, 2.24) is 5.32 Å². The van der Waals surface area contributed by atoms with Crippen molar-refractivity contribution in [3.8, 4) is 17.2 Å². The summed E-state index contributed by atoms with van der Waals surface area (Å²) in [5.41, 5.74) is 0.762. The van der Waals surface area contributed by atoms with Gasteiger partial charge < -0.3 is 19.5 Å². The zero-order valence-corrected chi connectivity index (χ0v) is 20.6. The number of fused-ring (bicyclic) bond motifs is 1. The fourth-order valence-electron chi connectivity index (χ4n) is 4.17. The van der Waals surface area contributed by atoms with E-state index in [-0.39, 0.29) is 23.9 Å². The maximum atomic E-state index is 13.1. The predicted octanol–water partition coefficient (Wildman–Crippen LogP) is 3.67. The number of rotatable bonds is 9. The van der Waals surface area contributed by atoms with Crippen molar-refractivity contribution < 1.29 is 27.4 Å². The number of sulfonamides is 1. The van der Waals surface area contributed by atoms with E-state index in [2.05, 4.69) is 19.2 Å². The van der Waals surface area contributed by atoms with Crippen LogP contribution < -0.4 is 23.8 Å². The van der Waals surface area contributed by atoms with Crippen LogP contribution in [-0.2, 0) is 14.8 Å². The first-order valence-corrected chi connectivity index (χ1v) is 12.8. The molecule has 0 unspecified atom stereocenters. The SMILES string of the molecule is CCC1(CC)C[C@H](NC(=O)CN(c2ccc(OC)cc2OC)S(C)(=O)=O)c2ccccc2O1. The summed E-state index contributed by atoms with van der Waals surface area (Å²) >= 11 is 0. The van der Waals surface area contributed by atoms with Crippen LogP contribution in [0.15, 0.2) is 42.5 Å². The third kappa shape index (κ3) is 5.35. The maximum Gasteiger partial charge on any atom is 0.241 e. The molecule has 9 heteroatoms. The van der Waals surface area contributed by atoms with Crippen LogP contribution >= 0.6 is 0 Å². The number of hydrogen-bond acceptors (Lipinski definition) is 6. The number of ether oxygens (including phenoxy) is 3. The van der Waals surface area contributed by atoms with Crippen molar-refractivity contribution in [2.45, 2.75) is 44.8 Å². The molecule has 1 aliphatic rings. The standard InChI is InChI=1S/C24H32N2O6S/c1-6-24(7-2)15-19(18-10-8-9-11-21(18)32-24)25-23(27)16-26(33(5,28)29)20-13-12-17(30-3)14-22(20)31-4/h8-14,19H,6-7,15-16H2,1-5H3,(H,25,27)/t19-/m0/s1. The fourth-order valence-corrected chi connectivity index (χ4v) is 5.03. The third-order valence-electron chi connectivity index (χ3n) is 6.16. The molecule has 0 radical (unpaired) electrons. The van der Waals surface area contributed by atoms with Gasteiger partial charge in [-0.15, -0.1) is 0 Å². The zero-order valence-electron chi connectivity index (χ0n) is 19.8. The Morgan fingerprint density at radius 3 is 2.45 bits per heavy atom. The quantitative estimate of drug-likeness (QED) is 0.594. The monoisotopic (exact) mass is 476 g/mol. The fraction of sp³-hybridized carbons (Fsp3) is 0.458. The molecule has 0 aliphatic carbocycles. The first-order valence-electron chi connectivity index (χ1n) is 10.9. The lowest BCUT2D eigenvalue weighted by atomic mass is 9.83. The predicted molar refractivity (Wildman–Crippen MR) is 128 cm³/mol. The lowest BCUT2D eigenvalue weighted by Gasteiger charge is -2.41. The minimum absolute atomic E-state index is 0.264. The zero-order chi connectivity index (χ0) is 24.2. The summed E-state index contributed by atoms with van der Waals surface area (Å²) in [7, 11) is -0.826. The molecular weight excluding hydrogens is 444 g/mol. The van der Waals surface area contributed by atoms with Crippen molar-refractivity contribution in [3.63, 3.8) is 0 Å². The molecule has 2 aromatic rings. The molecule has 0 bridgehead atoms. The Balaban J connectivity index is 1.89. The van der Waals surface area contributed by atoms with Crippen LogP contribution in [0.3, 0.4) is 0 Å². The van der Waals surface area contributed by atoms with E-state index in [1.54, 1.807) is 18.2 Å². The van der Waals surface area contributed by atoms with Crippen LogP contribution in [0.1, 0.15) is 44.7 Å². The van der Waals surface area contributed by atoms with Gasteiger partial charge in [-0.1, -0.05) is 32.0 Å². The highest BCUT2D eigenvalue weighted by atomic mass is 32.2. The lowest BCUT2D eigenvalue weighted by molar-refractivity contribution is -0.121. The molecule has 3 rings (SSSR count). The maximum absolute atomic E-state index is 13.1. The van der Waals surface area contributed by atoms with Gasteiger partial charge in [0.05, 0.1) is 32.2 Å². The van der Waals surface area contributed by atoms with Crippen molar-refractivity contribution in [2.24, 2.45) is 0 Å². The molecule has 8 nitrogen and oxygen atoms in total. The van der Waals surface area contributed by atoms with Gasteiger partial charge in [-0.05, 0) is 31.0 Å². The number of benzene rings is 2. The first kappa shape index (κ1) is 24.7. The summed E-state index contributed by atoms with van der Waals surface area (Å²) < 4.78 is 43.1. The first-order chi connectivity index (χ1) is 15.7. The summed E-state index contributed by atoms with van der Waals surface area (Å²) in [6.45, 7) is 3.75. The number of para-hydroxylation sites is 1. The van der Waals surface area contributed by atoms with Crippen LogP contribution in [-0.4, -0.2) is 46.9 Å². The molecule has 0 saturated heterocycles. The van der Waals surface area contributed by atoms with Crippen LogP contribution in [0.4, 0.5) is 5.69 Å². The number of amides is 1. The molecule has 0 spiro atoms. The van der Waals surface area contributed by atoms with Crippen molar-refractivity contribution in [2.75, 3.05) is 31.3 Å². The van der Waals surface area contributed by atoms with Crippen molar-refractivity contribution in [3.05, 3.63) is 48.0 Å². The highest BCUT2D eigenvalue weighted by Crippen LogP contribution is 2.42. The molecule has 1 atom stereocenters. The smallest absolute Gasteiger partial charge is 0.241 e. The minimum Gasteiger partial charge on any atom is -0.497 e. The number of hydrogen-bond donors (Lipinski definition) is 1. The van der Waals surface area contributed by atoms with Crippen molar-refractivity contribution in [1.29, 1.82) is 0 Å². The van der Waals surface area contributed by atoms with E-state index in [0.29, 0.717) is 17.9 Å². The van der Waals surface area contributed by atoms with Crippen LogP contribution in [0, 0.1) is 0 Å². The van der Waals surface area contributed by atoms with Crippen molar-refractivity contribution >= 4 is 21.6 Å². The summed E-state index contributed by atoms with van der Waals surface area (Å²) in [6, 6.07) is 12.1. The lowest BCUT2D eigenvalue weighted by Crippen LogP contribution is -2.47. The Morgan fingerprint density at radius 2 is 1.85 bits per heavy atom. The van der Waals surface area contributed by atoms with Gasteiger partial charge in [-0.2, -0.15) is 0 Å². The Hall–Kier alpha value is -2.94. The third-order valence-corrected chi connectivity index (χ3v) is 7.29. The molecule has 1 aliphatic heterocycles. The van der Waals surface area contributed by atoms with Gasteiger partial charge >= 0.3 is 0 Å². The molecule has 1 amide bonds. The average molecular weight is 477 g/mol.